The number of aryl methyl sites for hydroxylation is 2. The van der Waals surface area contributed by atoms with E-state index in [1.165, 1.54) is 4.90 Å². The third kappa shape index (κ3) is 3.54. The molecule has 1 fully saturated rings. The van der Waals surface area contributed by atoms with Gasteiger partial charge in [-0.05, 0) is 37.5 Å². The number of carbonyl (C=O) groups is 2. The molecular formula is C16H22N2O3. The van der Waals surface area contributed by atoms with Crippen LogP contribution < -0.4 is 10.1 Å². The highest BCUT2D eigenvalue weighted by Crippen LogP contribution is 2.19. The Morgan fingerprint density at radius 1 is 1.29 bits per heavy atom. The van der Waals surface area contributed by atoms with Gasteiger partial charge in [-0.1, -0.05) is 25.5 Å². The predicted octanol–water partition coefficient (Wildman–Crippen LogP) is 2.40. The second-order valence-corrected chi connectivity index (χ2v) is 5.40. The van der Waals surface area contributed by atoms with Crippen LogP contribution in [0.4, 0.5) is 4.79 Å². The summed E-state index contributed by atoms with van der Waals surface area (Å²) in [4.78, 5) is 25.1. The summed E-state index contributed by atoms with van der Waals surface area (Å²) in [5.41, 5.74) is 2.16. The zero-order valence-corrected chi connectivity index (χ0v) is 12.8. The first kappa shape index (κ1) is 15.4. The lowest BCUT2D eigenvalue weighted by Crippen LogP contribution is -2.35. The van der Waals surface area contributed by atoms with Gasteiger partial charge < -0.3 is 10.1 Å². The van der Waals surface area contributed by atoms with E-state index < -0.39 is 0 Å². The van der Waals surface area contributed by atoms with Crippen LogP contribution in [0.25, 0.3) is 0 Å². The van der Waals surface area contributed by atoms with Gasteiger partial charge >= 0.3 is 6.03 Å². The zero-order chi connectivity index (χ0) is 15.4. The molecule has 0 bridgehead atoms. The molecule has 1 aliphatic heterocycles. The van der Waals surface area contributed by atoms with Crippen LogP contribution in [-0.4, -0.2) is 36.0 Å². The minimum atomic E-state index is -0.372. The molecule has 2 rings (SSSR count). The molecule has 114 valence electrons. The van der Waals surface area contributed by atoms with E-state index >= 15 is 0 Å². The number of carbonyl (C=O) groups excluding carboxylic acids is 2. The Labute approximate surface area is 125 Å². The summed E-state index contributed by atoms with van der Waals surface area (Å²) in [6.07, 6.45) is 1.54. The molecule has 21 heavy (non-hydrogen) atoms. The summed E-state index contributed by atoms with van der Waals surface area (Å²) in [6, 6.07) is 5.29. The first-order valence-corrected chi connectivity index (χ1v) is 7.35. The lowest BCUT2D eigenvalue weighted by atomic mass is 10.1. The molecule has 1 atom stereocenters. The van der Waals surface area contributed by atoms with E-state index in [4.69, 9.17) is 4.74 Å². The van der Waals surface area contributed by atoms with Gasteiger partial charge in [0.25, 0.3) is 5.91 Å². The van der Waals surface area contributed by atoms with E-state index in [1.54, 1.807) is 0 Å². The minimum Gasteiger partial charge on any atom is -0.491 e. The van der Waals surface area contributed by atoms with E-state index in [1.807, 2.05) is 39.0 Å². The number of benzene rings is 1. The van der Waals surface area contributed by atoms with Crippen LogP contribution in [0.2, 0.25) is 0 Å². The molecule has 0 saturated carbocycles. The standard InChI is InChI=1S/C16H22N2O3/c1-4-5-13-15(19)18(16(20)17-13)8-9-21-14-10-11(2)6-7-12(14)3/h6-7,10,13H,4-5,8-9H2,1-3H3,(H,17,20). The molecule has 1 aromatic rings. The highest BCUT2D eigenvalue weighted by atomic mass is 16.5. The average molecular weight is 290 g/mol. The topological polar surface area (TPSA) is 58.6 Å². The van der Waals surface area contributed by atoms with Gasteiger partial charge in [0.1, 0.15) is 18.4 Å². The first-order valence-electron chi connectivity index (χ1n) is 7.35. The second kappa shape index (κ2) is 6.61. The van der Waals surface area contributed by atoms with Crippen molar-refractivity contribution < 1.29 is 14.3 Å². The van der Waals surface area contributed by atoms with Gasteiger partial charge in [0.15, 0.2) is 0 Å². The molecule has 1 unspecified atom stereocenters. The van der Waals surface area contributed by atoms with Gasteiger partial charge in [-0.3, -0.25) is 9.69 Å². The molecule has 3 amide bonds. The third-order valence-corrected chi connectivity index (χ3v) is 3.60. The van der Waals surface area contributed by atoms with Gasteiger partial charge in [-0.2, -0.15) is 0 Å². The summed E-state index contributed by atoms with van der Waals surface area (Å²) in [5, 5.41) is 2.71. The number of hydrogen-bond donors (Lipinski definition) is 1. The number of urea groups is 1. The number of hydrogen-bond acceptors (Lipinski definition) is 3. The van der Waals surface area contributed by atoms with Gasteiger partial charge in [0, 0.05) is 0 Å². The van der Waals surface area contributed by atoms with Crippen molar-refractivity contribution in [3.63, 3.8) is 0 Å². The van der Waals surface area contributed by atoms with Crippen molar-refractivity contribution in [2.24, 2.45) is 0 Å². The van der Waals surface area contributed by atoms with Crippen LogP contribution in [0.1, 0.15) is 30.9 Å². The van der Waals surface area contributed by atoms with Crippen LogP contribution in [0.5, 0.6) is 5.75 Å². The van der Waals surface area contributed by atoms with E-state index in [0.717, 1.165) is 23.3 Å². The van der Waals surface area contributed by atoms with Crippen molar-refractivity contribution in [1.29, 1.82) is 0 Å². The number of amides is 3. The number of nitrogens with one attached hydrogen (secondary N) is 1. The molecule has 1 saturated heterocycles. The van der Waals surface area contributed by atoms with Crippen molar-refractivity contribution >= 4 is 11.9 Å². The number of ether oxygens (including phenoxy) is 1. The molecule has 0 aliphatic carbocycles. The molecule has 1 heterocycles. The zero-order valence-electron chi connectivity index (χ0n) is 12.8. The predicted molar refractivity (Wildman–Crippen MR) is 80.4 cm³/mol. The fourth-order valence-electron chi connectivity index (χ4n) is 2.38. The Hall–Kier alpha value is -2.04. The normalized spacial score (nSPS) is 18.0. The Bertz CT molecular complexity index is 542. The minimum absolute atomic E-state index is 0.147. The van der Waals surface area contributed by atoms with Gasteiger partial charge in [0.05, 0.1) is 6.54 Å². The average Bonchev–Trinajstić information content (AvgIpc) is 2.70. The smallest absolute Gasteiger partial charge is 0.324 e. The highest BCUT2D eigenvalue weighted by molar-refractivity contribution is 6.04. The van der Waals surface area contributed by atoms with Crippen molar-refractivity contribution in [2.45, 2.75) is 39.7 Å². The quantitative estimate of drug-likeness (QED) is 0.818. The summed E-state index contributed by atoms with van der Waals surface area (Å²) < 4.78 is 5.70. The molecular weight excluding hydrogens is 268 g/mol. The van der Waals surface area contributed by atoms with Crippen LogP contribution >= 0.6 is 0 Å². The lowest BCUT2D eigenvalue weighted by molar-refractivity contribution is -0.127. The molecule has 5 heteroatoms. The SMILES string of the molecule is CCCC1NC(=O)N(CCOc2cc(C)ccc2C)C1=O. The summed E-state index contributed by atoms with van der Waals surface area (Å²) in [6.45, 7) is 6.55. The van der Waals surface area contributed by atoms with E-state index in [-0.39, 0.29) is 24.5 Å². The highest BCUT2D eigenvalue weighted by Gasteiger charge is 2.36. The van der Waals surface area contributed by atoms with Crippen LogP contribution in [-0.2, 0) is 4.79 Å². The van der Waals surface area contributed by atoms with E-state index in [2.05, 4.69) is 5.32 Å². The van der Waals surface area contributed by atoms with E-state index in [9.17, 15) is 9.59 Å². The Morgan fingerprint density at radius 2 is 2.05 bits per heavy atom. The number of imide groups is 1. The molecule has 0 aromatic heterocycles. The van der Waals surface area contributed by atoms with Crippen molar-refractivity contribution in [1.82, 2.24) is 10.2 Å². The molecule has 0 spiro atoms. The van der Waals surface area contributed by atoms with Gasteiger partial charge in [-0.25, -0.2) is 4.79 Å². The summed E-state index contributed by atoms with van der Waals surface area (Å²) in [7, 11) is 0. The Kier molecular flexibility index (Phi) is 4.83. The monoisotopic (exact) mass is 290 g/mol. The lowest BCUT2D eigenvalue weighted by Gasteiger charge is -2.15. The largest absolute Gasteiger partial charge is 0.491 e. The maximum Gasteiger partial charge on any atom is 0.324 e. The summed E-state index contributed by atoms with van der Waals surface area (Å²) in [5.74, 6) is 0.651. The van der Waals surface area contributed by atoms with Gasteiger partial charge in [0.2, 0.25) is 0 Å². The molecule has 1 aromatic carbocycles. The maximum atomic E-state index is 12.1. The van der Waals surface area contributed by atoms with Crippen LogP contribution in [0.15, 0.2) is 18.2 Å². The van der Waals surface area contributed by atoms with Crippen molar-refractivity contribution in [3.05, 3.63) is 29.3 Å². The fraction of sp³-hybridized carbons (Fsp3) is 0.500. The molecule has 1 N–H and O–H groups in total. The van der Waals surface area contributed by atoms with Crippen molar-refractivity contribution in [3.8, 4) is 5.75 Å². The molecule has 1 aliphatic rings. The van der Waals surface area contributed by atoms with Crippen LogP contribution in [0.3, 0.4) is 0 Å². The first-order chi connectivity index (χ1) is 10.0. The van der Waals surface area contributed by atoms with Crippen molar-refractivity contribution in [2.75, 3.05) is 13.2 Å². The Balaban J connectivity index is 1.90. The number of nitrogens with zero attached hydrogens (tertiary/aromatic N) is 1. The number of rotatable bonds is 6. The van der Waals surface area contributed by atoms with Gasteiger partial charge in [-0.15, -0.1) is 0 Å². The Morgan fingerprint density at radius 3 is 2.76 bits per heavy atom. The summed E-state index contributed by atoms with van der Waals surface area (Å²) >= 11 is 0. The third-order valence-electron chi connectivity index (χ3n) is 3.60. The van der Waals surface area contributed by atoms with E-state index in [0.29, 0.717) is 13.0 Å². The molecule has 0 radical (unpaired) electrons. The molecule has 5 nitrogen and oxygen atoms in total. The fourth-order valence-corrected chi connectivity index (χ4v) is 2.38. The second-order valence-electron chi connectivity index (χ2n) is 5.40. The maximum absolute atomic E-state index is 12.1. The van der Waals surface area contributed by atoms with Crippen LogP contribution in [0, 0.1) is 13.8 Å².